The molecule has 5 heteroatoms. The number of anilines is 1. The molecule has 0 fully saturated rings. The normalized spacial score (nSPS) is 12.5. The van der Waals surface area contributed by atoms with Gasteiger partial charge >= 0.3 is 0 Å². The molecule has 96 valence electrons. The van der Waals surface area contributed by atoms with Crippen molar-refractivity contribution >= 4 is 44.6 Å². The summed E-state index contributed by atoms with van der Waals surface area (Å²) in [6, 6.07) is 5.34. The van der Waals surface area contributed by atoms with Gasteiger partial charge < -0.3 is 5.32 Å². The van der Waals surface area contributed by atoms with E-state index in [4.69, 9.17) is 11.6 Å². The number of benzene rings is 1. The zero-order valence-electron chi connectivity index (χ0n) is 9.93. The second kappa shape index (κ2) is 5.59. The van der Waals surface area contributed by atoms with Crippen molar-refractivity contribution in [3.8, 4) is 0 Å². The monoisotopic (exact) mass is 347 g/mol. The van der Waals surface area contributed by atoms with Crippen LogP contribution in [-0.4, -0.2) is 0 Å². The first-order chi connectivity index (χ1) is 8.47. The van der Waals surface area contributed by atoms with Crippen LogP contribution < -0.4 is 5.32 Å². The van der Waals surface area contributed by atoms with Crippen LogP contribution in [0.2, 0.25) is 4.34 Å². The van der Waals surface area contributed by atoms with Gasteiger partial charge in [-0.15, -0.1) is 11.3 Å². The molecule has 0 aliphatic rings. The third-order valence-corrected chi connectivity index (χ3v) is 4.44. The number of hydrogen-bond acceptors (Lipinski definition) is 2. The highest BCUT2D eigenvalue weighted by atomic mass is 79.9. The summed E-state index contributed by atoms with van der Waals surface area (Å²) in [6.07, 6.45) is 0. The summed E-state index contributed by atoms with van der Waals surface area (Å²) < 4.78 is 14.6. The van der Waals surface area contributed by atoms with E-state index in [1.807, 2.05) is 18.4 Å². The van der Waals surface area contributed by atoms with Crippen LogP contribution in [0.5, 0.6) is 0 Å². The first-order valence-corrected chi connectivity index (χ1v) is 7.48. The van der Waals surface area contributed by atoms with Gasteiger partial charge in [0, 0.05) is 11.7 Å². The molecule has 1 nitrogen and oxygen atoms in total. The molecular formula is C13H12BrClFNS. The first kappa shape index (κ1) is 13.8. The summed E-state index contributed by atoms with van der Waals surface area (Å²) in [5.41, 5.74) is 2.92. The van der Waals surface area contributed by atoms with E-state index in [0.29, 0.717) is 4.47 Å². The Morgan fingerprint density at radius 2 is 2.11 bits per heavy atom. The summed E-state index contributed by atoms with van der Waals surface area (Å²) in [5, 5.41) is 5.38. The Balaban J connectivity index is 2.21. The molecular weight excluding hydrogens is 337 g/mol. The lowest BCUT2D eigenvalue weighted by Crippen LogP contribution is -2.07. The van der Waals surface area contributed by atoms with Crippen LogP contribution >= 0.6 is 38.9 Å². The summed E-state index contributed by atoms with van der Waals surface area (Å²) >= 11 is 10.6. The van der Waals surface area contributed by atoms with E-state index in [0.717, 1.165) is 21.2 Å². The van der Waals surface area contributed by atoms with Crippen molar-refractivity contribution in [2.45, 2.75) is 19.9 Å². The van der Waals surface area contributed by atoms with Crippen molar-refractivity contribution in [1.29, 1.82) is 0 Å². The van der Waals surface area contributed by atoms with Crippen LogP contribution in [-0.2, 0) is 0 Å². The minimum atomic E-state index is -0.246. The van der Waals surface area contributed by atoms with E-state index in [1.165, 1.54) is 17.4 Å². The smallest absolute Gasteiger partial charge is 0.137 e. The molecule has 0 amide bonds. The van der Waals surface area contributed by atoms with Gasteiger partial charge in [-0.25, -0.2) is 4.39 Å². The third-order valence-electron chi connectivity index (χ3n) is 2.73. The average Bonchev–Trinajstić information content (AvgIpc) is 2.73. The number of thiophene rings is 1. The lowest BCUT2D eigenvalue weighted by atomic mass is 10.1. The number of rotatable bonds is 3. The number of aryl methyl sites for hydroxylation is 1. The number of nitrogens with one attached hydrogen (secondary N) is 1. The molecule has 1 atom stereocenters. The molecule has 1 N–H and O–H groups in total. The molecule has 1 aromatic heterocycles. The van der Waals surface area contributed by atoms with Crippen LogP contribution in [0.4, 0.5) is 10.1 Å². The standard InChI is InChI=1S/C13H12BrClFNS/c1-7-3-11(16)10(14)5-12(7)17-8(2)9-4-13(15)18-6-9/h3-6,8,17H,1-2H3. The molecule has 0 saturated carbocycles. The van der Waals surface area contributed by atoms with Crippen LogP contribution in [0, 0.1) is 12.7 Å². The lowest BCUT2D eigenvalue weighted by Gasteiger charge is -2.16. The van der Waals surface area contributed by atoms with Crippen LogP contribution in [0.3, 0.4) is 0 Å². The predicted molar refractivity (Wildman–Crippen MR) is 80.2 cm³/mol. The highest BCUT2D eigenvalue weighted by Gasteiger charge is 2.11. The average molecular weight is 349 g/mol. The Morgan fingerprint density at radius 3 is 2.72 bits per heavy atom. The molecule has 0 aliphatic carbocycles. The third kappa shape index (κ3) is 3.05. The van der Waals surface area contributed by atoms with Crippen molar-refractivity contribution < 1.29 is 4.39 Å². The minimum Gasteiger partial charge on any atom is -0.378 e. The van der Waals surface area contributed by atoms with Gasteiger partial charge in [-0.05, 0) is 64.5 Å². The second-order valence-corrected chi connectivity index (χ2v) is 6.53. The Bertz CT molecular complexity index is 570. The predicted octanol–water partition coefficient (Wildman–Crippen LogP) is 5.78. The zero-order chi connectivity index (χ0) is 13.3. The van der Waals surface area contributed by atoms with E-state index >= 15 is 0 Å². The fourth-order valence-corrected chi connectivity index (χ4v) is 3.00. The molecule has 0 saturated heterocycles. The fraction of sp³-hybridized carbons (Fsp3) is 0.231. The van der Waals surface area contributed by atoms with Gasteiger partial charge in [0.25, 0.3) is 0 Å². The molecule has 0 aliphatic heterocycles. The van der Waals surface area contributed by atoms with E-state index in [-0.39, 0.29) is 11.9 Å². The minimum absolute atomic E-state index is 0.129. The van der Waals surface area contributed by atoms with Crippen molar-refractivity contribution in [2.75, 3.05) is 5.32 Å². The summed E-state index contributed by atoms with van der Waals surface area (Å²) in [7, 11) is 0. The maximum atomic E-state index is 13.3. The quantitative estimate of drug-likeness (QED) is 0.741. The second-order valence-electron chi connectivity index (χ2n) is 4.13. The Hall–Kier alpha value is -0.580. The largest absolute Gasteiger partial charge is 0.378 e. The highest BCUT2D eigenvalue weighted by molar-refractivity contribution is 9.10. The fourth-order valence-electron chi connectivity index (χ4n) is 1.67. The SMILES string of the molecule is Cc1cc(F)c(Br)cc1NC(C)c1csc(Cl)c1. The molecule has 2 aromatic rings. The van der Waals surface area contributed by atoms with Gasteiger partial charge in [-0.3, -0.25) is 0 Å². The molecule has 0 bridgehead atoms. The number of hydrogen-bond donors (Lipinski definition) is 1. The van der Waals surface area contributed by atoms with Crippen molar-refractivity contribution in [3.63, 3.8) is 0 Å². The van der Waals surface area contributed by atoms with Gasteiger partial charge in [0.05, 0.1) is 8.81 Å². The van der Waals surface area contributed by atoms with E-state index in [9.17, 15) is 4.39 Å². The van der Waals surface area contributed by atoms with E-state index in [2.05, 4.69) is 28.2 Å². The van der Waals surface area contributed by atoms with Crippen molar-refractivity contribution in [2.24, 2.45) is 0 Å². The van der Waals surface area contributed by atoms with Gasteiger partial charge in [0.2, 0.25) is 0 Å². The molecule has 1 heterocycles. The summed E-state index contributed by atoms with van der Waals surface area (Å²) in [6.45, 7) is 3.93. The Labute approximate surface area is 123 Å². The molecule has 1 unspecified atom stereocenters. The van der Waals surface area contributed by atoms with Crippen LogP contribution in [0.15, 0.2) is 28.1 Å². The maximum absolute atomic E-state index is 13.3. The first-order valence-electron chi connectivity index (χ1n) is 5.43. The van der Waals surface area contributed by atoms with Gasteiger partial charge in [-0.1, -0.05) is 11.6 Å². The molecule has 18 heavy (non-hydrogen) atoms. The molecule has 0 spiro atoms. The van der Waals surface area contributed by atoms with E-state index in [1.54, 1.807) is 6.07 Å². The topological polar surface area (TPSA) is 12.0 Å². The van der Waals surface area contributed by atoms with Crippen LogP contribution in [0.1, 0.15) is 24.1 Å². The summed E-state index contributed by atoms with van der Waals surface area (Å²) in [5.74, 6) is -0.246. The van der Waals surface area contributed by atoms with Gasteiger partial charge in [-0.2, -0.15) is 0 Å². The van der Waals surface area contributed by atoms with E-state index < -0.39 is 0 Å². The Kier molecular flexibility index (Phi) is 4.30. The van der Waals surface area contributed by atoms with Crippen LogP contribution in [0.25, 0.3) is 0 Å². The molecule has 2 rings (SSSR count). The maximum Gasteiger partial charge on any atom is 0.137 e. The highest BCUT2D eigenvalue weighted by Crippen LogP contribution is 2.30. The molecule has 0 radical (unpaired) electrons. The van der Waals surface area contributed by atoms with Crippen molar-refractivity contribution in [1.82, 2.24) is 0 Å². The van der Waals surface area contributed by atoms with Gasteiger partial charge in [0.15, 0.2) is 0 Å². The summed E-state index contributed by atoms with van der Waals surface area (Å²) in [4.78, 5) is 0. The molecule has 1 aromatic carbocycles. The Morgan fingerprint density at radius 1 is 1.39 bits per heavy atom. The van der Waals surface area contributed by atoms with Gasteiger partial charge in [0.1, 0.15) is 5.82 Å². The number of halogens is 3. The zero-order valence-corrected chi connectivity index (χ0v) is 13.1. The van der Waals surface area contributed by atoms with Crippen molar-refractivity contribution in [3.05, 3.63) is 49.3 Å². The lowest BCUT2D eigenvalue weighted by molar-refractivity contribution is 0.620.